The lowest BCUT2D eigenvalue weighted by atomic mass is 9.70. The van der Waals surface area contributed by atoms with Crippen LogP contribution in [0.5, 0.6) is 5.75 Å². The minimum atomic E-state index is -1.88. The molecular weight excluding hydrogens is 501 g/mol. The van der Waals surface area contributed by atoms with Gasteiger partial charge in [-0.1, -0.05) is 42.5 Å². The molecule has 1 aliphatic carbocycles. The van der Waals surface area contributed by atoms with Gasteiger partial charge < -0.3 is 30.3 Å². The van der Waals surface area contributed by atoms with E-state index in [9.17, 15) is 24.5 Å². The quantitative estimate of drug-likeness (QED) is 0.376. The topological polar surface area (TPSA) is 107 Å². The lowest BCUT2D eigenvalue weighted by molar-refractivity contribution is -0.116. The van der Waals surface area contributed by atoms with Crippen LogP contribution in [0.15, 0.2) is 60.7 Å². The van der Waals surface area contributed by atoms with Crippen molar-refractivity contribution in [2.75, 3.05) is 13.1 Å². The fraction of sp³-hybridized carbons (Fsp3) is 0.333. The summed E-state index contributed by atoms with van der Waals surface area (Å²) in [5, 5.41) is 36.3. The Kier molecular flexibility index (Phi) is 6.07. The number of hydrogen-bond acceptors (Lipinski definition) is 5. The molecule has 8 nitrogen and oxygen atoms in total. The van der Waals surface area contributed by atoms with Gasteiger partial charge in [-0.3, -0.25) is 0 Å². The molecule has 3 aliphatic rings. The molecule has 4 N–H and O–H groups in total. The van der Waals surface area contributed by atoms with Crippen LogP contribution in [0, 0.1) is 12.4 Å². The van der Waals surface area contributed by atoms with Crippen molar-refractivity contribution >= 4 is 11.7 Å². The summed E-state index contributed by atoms with van der Waals surface area (Å²) in [7, 11) is 0. The second kappa shape index (κ2) is 9.35. The number of hydrogen-bond donors (Lipinski definition) is 4. The molecule has 2 heterocycles. The fourth-order valence-corrected chi connectivity index (χ4v) is 6.53. The van der Waals surface area contributed by atoms with Crippen molar-refractivity contribution in [3.05, 3.63) is 106 Å². The average molecular weight is 530 g/mol. The third kappa shape index (κ3) is 3.63. The van der Waals surface area contributed by atoms with E-state index in [2.05, 4.69) is 10.2 Å². The highest BCUT2D eigenvalue weighted by Crippen LogP contribution is 2.67. The summed E-state index contributed by atoms with van der Waals surface area (Å²) in [6.07, 6.45) is 1.12. The molecule has 0 spiro atoms. The molecule has 3 aromatic carbocycles. The van der Waals surface area contributed by atoms with E-state index in [0.717, 1.165) is 6.42 Å². The Hall–Kier alpha value is -3.97. The third-order valence-electron chi connectivity index (χ3n) is 8.40. The molecule has 2 amide bonds. The number of nitrogens with zero attached hydrogens (tertiary/aromatic N) is 2. The molecule has 0 bridgehead atoms. The molecule has 200 valence electrons. The Labute approximate surface area is 225 Å². The summed E-state index contributed by atoms with van der Waals surface area (Å²) in [6, 6.07) is 14.8. The second-order valence-electron chi connectivity index (χ2n) is 10.4. The van der Waals surface area contributed by atoms with Crippen molar-refractivity contribution in [2.24, 2.45) is 0 Å². The van der Waals surface area contributed by atoms with E-state index in [1.54, 1.807) is 53.4 Å². The maximum Gasteiger partial charge on any atom is 0.317 e. The monoisotopic (exact) mass is 529 g/mol. The highest BCUT2D eigenvalue weighted by atomic mass is 19.1. The number of carbonyl (C=O) groups is 1. The van der Waals surface area contributed by atoms with Crippen LogP contribution in [-0.2, 0) is 24.4 Å². The first-order chi connectivity index (χ1) is 18.8. The van der Waals surface area contributed by atoms with Gasteiger partial charge in [-0.05, 0) is 53.3 Å². The van der Waals surface area contributed by atoms with Crippen molar-refractivity contribution < 1.29 is 29.2 Å². The molecule has 39 heavy (non-hydrogen) atoms. The Balaban J connectivity index is 1.62. The number of halogens is 1. The zero-order chi connectivity index (χ0) is 27.4. The summed E-state index contributed by atoms with van der Waals surface area (Å²) in [5.41, 5.74) is -0.743. The highest BCUT2D eigenvalue weighted by molar-refractivity contribution is 5.76. The maximum atomic E-state index is 14.6. The molecule has 1 saturated heterocycles. The van der Waals surface area contributed by atoms with E-state index in [1.807, 2.05) is 0 Å². The number of rotatable bonds is 5. The molecule has 9 heteroatoms. The van der Waals surface area contributed by atoms with E-state index in [-0.39, 0.29) is 24.8 Å². The van der Waals surface area contributed by atoms with Crippen LogP contribution in [0.4, 0.5) is 14.9 Å². The summed E-state index contributed by atoms with van der Waals surface area (Å²) >= 11 is 0. The molecule has 0 radical (unpaired) electrons. The standard InChI is InChI=1S/C30H28FN3O5/c1-32-23-8-6-21(7-9-23)30-24(19-4-2-5-22(31)14-19)15-26(33-28(37)34-10-3-11-34)29(30,38)27-20(17-36)12-18(16-35)13-25(27)39-30/h2,4-9,12-14,24,26,35-36,38H,3,10-11,15-17H2,(H,33,37)/t24-,26-,29+,30-/m0/s1. The first kappa shape index (κ1) is 25.3. The molecule has 6 rings (SSSR count). The van der Waals surface area contributed by atoms with Crippen molar-refractivity contribution in [3.63, 3.8) is 0 Å². The summed E-state index contributed by atoms with van der Waals surface area (Å²) in [6.45, 7) is 7.86. The minimum Gasteiger partial charge on any atom is -0.478 e. The van der Waals surface area contributed by atoms with Gasteiger partial charge in [0.05, 0.1) is 25.8 Å². The number of likely N-dealkylation sites (tertiary alicyclic amines) is 1. The summed E-state index contributed by atoms with van der Waals surface area (Å²) < 4.78 is 21.3. The number of aliphatic hydroxyl groups is 3. The number of carbonyl (C=O) groups excluding carboxylic acids is 1. The Morgan fingerprint density at radius 3 is 2.51 bits per heavy atom. The largest absolute Gasteiger partial charge is 0.478 e. The lowest BCUT2D eigenvalue weighted by Gasteiger charge is -2.42. The van der Waals surface area contributed by atoms with E-state index in [4.69, 9.17) is 11.3 Å². The van der Waals surface area contributed by atoms with Gasteiger partial charge in [0.1, 0.15) is 11.6 Å². The number of urea groups is 1. The van der Waals surface area contributed by atoms with Gasteiger partial charge in [0.2, 0.25) is 0 Å². The Bertz CT molecular complexity index is 1480. The van der Waals surface area contributed by atoms with E-state index in [0.29, 0.717) is 46.6 Å². The average Bonchev–Trinajstić information content (AvgIpc) is 3.32. The third-order valence-corrected chi connectivity index (χ3v) is 8.40. The van der Waals surface area contributed by atoms with Gasteiger partial charge in [-0.2, -0.15) is 0 Å². The van der Waals surface area contributed by atoms with Crippen LogP contribution < -0.4 is 10.1 Å². The van der Waals surface area contributed by atoms with Crippen LogP contribution in [0.2, 0.25) is 0 Å². The Morgan fingerprint density at radius 2 is 1.90 bits per heavy atom. The van der Waals surface area contributed by atoms with Crippen LogP contribution in [0.25, 0.3) is 4.85 Å². The van der Waals surface area contributed by atoms with Crippen molar-refractivity contribution in [1.29, 1.82) is 0 Å². The van der Waals surface area contributed by atoms with Crippen molar-refractivity contribution in [3.8, 4) is 5.75 Å². The molecule has 1 saturated carbocycles. The van der Waals surface area contributed by atoms with E-state index < -0.39 is 35.6 Å². The minimum absolute atomic E-state index is 0.218. The predicted octanol–water partition coefficient (Wildman–Crippen LogP) is 3.81. The summed E-state index contributed by atoms with van der Waals surface area (Å²) in [4.78, 5) is 18.3. The van der Waals surface area contributed by atoms with Gasteiger partial charge >= 0.3 is 6.03 Å². The number of amides is 2. The number of fused-ring (bicyclic) bond motifs is 3. The van der Waals surface area contributed by atoms with Gasteiger partial charge in [0, 0.05) is 24.6 Å². The fourth-order valence-electron chi connectivity index (χ4n) is 6.53. The highest BCUT2D eigenvalue weighted by Gasteiger charge is 2.73. The number of benzene rings is 3. The zero-order valence-corrected chi connectivity index (χ0v) is 21.1. The lowest BCUT2D eigenvalue weighted by Crippen LogP contribution is -2.59. The van der Waals surface area contributed by atoms with Crippen molar-refractivity contribution in [2.45, 2.75) is 49.2 Å². The number of nitrogens with one attached hydrogen (secondary N) is 1. The number of ether oxygens (including phenoxy) is 1. The molecular formula is C30H28FN3O5. The van der Waals surface area contributed by atoms with Crippen LogP contribution in [0.1, 0.15) is 46.6 Å². The van der Waals surface area contributed by atoms with Crippen molar-refractivity contribution in [1.82, 2.24) is 10.2 Å². The molecule has 4 atom stereocenters. The van der Waals surface area contributed by atoms with Crippen LogP contribution in [-0.4, -0.2) is 45.4 Å². The SMILES string of the molecule is [C-]#[N+]c1ccc([C@@]23Oc4cc(CO)cc(CO)c4[C@]2(O)[C@@H](NC(=O)N2CCC2)C[C@H]3c2cccc(F)c2)cc1. The molecule has 0 unspecified atom stereocenters. The van der Waals surface area contributed by atoms with E-state index in [1.165, 1.54) is 12.1 Å². The van der Waals surface area contributed by atoms with Gasteiger partial charge in [-0.15, -0.1) is 0 Å². The predicted molar refractivity (Wildman–Crippen MR) is 139 cm³/mol. The molecule has 2 fully saturated rings. The van der Waals surface area contributed by atoms with Gasteiger partial charge in [-0.25, -0.2) is 14.0 Å². The van der Waals surface area contributed by atoms with Gasteiger partial charge in [0.15, 0.2) is 16.9 Å². The molecule has 0 aromatic heterocycles. The smallest absolute Gasteiger partial charge is 0.317 e. The van der Waals surface area contributed by atoms with E-state index >= 15 is 0 Å². The zero-order valence-electron chi connectivity index (χ0n) is 21.1. The first-order valence-corrected chi connectivity index (χ1v) is 12.9. The second-order valence-corrected chi connectivity index (χ2v) is 10.4. The summed E-state index contributed by atoms with van der Waals surface area (Å²) in [5.74, 6) is -0.807. The van der Waals surface area contributed by atoms with Crippen LogP contribution in [0.3, 0.4) is 0 Å². The first-order valence-electron chi connectivity index (χ1n) is 12.9. The number of aliphatic hydroxyl groups excluding tert-OH is 2. The molecule has 2 aliphatic heterocycles. The normalized spacial score (nSPS) is 26.7. The van der Waals surface area contributed by atoms with Crippen LogP contribution >= 0.6 is 0 Å². The van der Waals surface area contributed by atoms with Gasteiger partial charge in [0.25, 0.3) is 0 Å². The Morgan fingerprint density at radius 1 is 1.13 bits per heavy atom. The molecule has 3 aromatic rings. The maximum absolute atomic E-state index is 14.6.